The van der Waals surface area contributed by atoms with Gasteiger partial charge in [-0.25, -0.2) is 0 Å². The first kappa shape index (κ1) is 35.6. The van der Waals surface area contributed by atoms with Gasteiger partial charge in [-0.1, -0.05) is 6.92 Å². The summed E-state index contributed by atoms with van der Waals surface area (Å²) in [6.45, 7) is 2.29. The molecule has 0 rings (SSSR count). The zero-order valence-electron chi connectivity index (χ0n) is 4.36. The third kappa shape index (κ3) is 68.8. The van der Waals surface area contributed by atoms with Crippen molar-refractivity contribution >= 4 is 0 Å². The predicted octanol–water partition coefficient (Wildman–Crippen LogP) is -0.596. The first-order chi connectivity index (χ1) is 1.41. The van der Waals surface area contributed by atoms with Crippen molar-refractivity contribution in [3.05, 3.63) is 5.73 Å². The minimum absolute atomic E-state index is 0. The van der Waals surface area contributed by atoms with Gasteiger partial charge in [-0.3, -0.25) is 0 Å². The third-order valence-electron chi connectivity index (χ3n) is 0. The Labute approximate surface area is 94.2 Å². The fourth-order valence-electron chi connectivity index (χ4n) is 0. The fraction of sp³-hybridized carbons (Fsp3) is 1.00. The van der Waals surface area contributed by atoms with Crippen molar-refractivity contribution in [3.8, 4) is 0 Å². The summed E-state index contributed by atoms with van der Waals surface area (Å²) in [5.41, 5.74) is 6.21. The molecule has 0 unspecified atom stereocenters. The van der Waals surface area contributed by atoms with Crippen molar-refractivity contribution in [1.29, 1.82) is 0 Å². The van der Waals surface area contributed by atoms with Crippen molar-refractivity contribution in [2.45, 2.75) is 6.92 Å². The molecule has 0 aliphatic rings. The Morgan fingerprint density at radius 1 is 1.14 bits per heavy atom. The number of hydrogen-bond acceptors (Lipinski definition) is 0. The summed E-state index contributed by atoms with van der Waals surface area (Å²) < 4.78 is 0. The van der Waals surface area contributed by atoms with Crippen molar-refractivity contribution in [2.24, 2.45) is 0 Å². The number of nitrogens with one attached hydrogen (secondary N) is 1. The van der Waals surface area contributed by atoms with Crippen LogP contribution >= 0.6 is 0 Å². The van der Waals surface area contributed by atoms with Gasteiger partial charge in [-0.2, -0.15) is 6.54 Å². The minimum Gasteiger partial charge on any atom is -0.678 e. The zero-order valence-corrected chi connectivity index (χ0v) is 10.0. The molecule has 0 aromatic heterocycles. The van der Waals surface area contributed by atoms with E-state index in [-0.39, 0.29) is 76.4 Å². The average molecular weight is 258 g/mol. The van der Waals surface area contributed by atoms with Gasteiger partial charge in [0.15, 0.2) is 0 Å². The molecule has 5 heteroatoms. The number of rotatable bonds is 0. The summed E-state index contributed by atoms with van der Waals surface area (Å²) in [6.07, 6.45) is 0. The summed E-state index contributed by atoms with van der Waals surface area (Å²) in [5.74, 6) is 0. The van der Waals surface area contributed by atoms with Gasteiger partial charge in [0.25, 0.3) is 0 Å². The summed E-state index contributed by atoms with van der Waals surface area (Å²) in [7, 11) is 0. The van der Waals surface area contributed by atoms with Crippen LogP contribution in [-0.2, 0) is 65.4 Å². The van der Waals surface area contributed by atoms with Crippen molar-refractivity contribution < 1.29 is 76.4 Å². The molecule has 0 saturated heterocycles. The van der Waals surface area contributed by atoms with Gasteiger partial charge in [0, 0.05) is 65.4 Å². The van der Waals surface area contributed by atoms with Crippen LogP contribution < -0.4 is 0 Å². The second-order valence-corrected chi connectivity index (χ2v) is 0.354. The molecule has 0 saturated carbocycles. The molecule has 0 aromatic rings. The molecule has 0 aliphatic heterocycles. The Bertz CT molecular complexity index is 13.7. The van der Waals surface area contributed by atoms with Crippen molar-refractivity contribution in [3.63, 3.8) is 0 Å². The first-order valence-electron chi connectivity index (χ1n) is 1.06. The normalized spacial score (nSPS) is 2.57. The Hall–Kier alpha value is 2.09. The molecule has 0 aromatic carbocycles. The molecule has 0 heterocycles. The van der Waals surface area contributed by atoms with Crippen LogP contribution in [0.5, 0.6) is 0 Å². The molecule has 0 atom stereocenters. The second kappa shape index (κ2) is 42.6. The van der Waals surface area contributed by atoms with Crippen LogP contribution in [0.4, 0.5) is 0 Å². The maximum Gasteiger partial charge on any atom is 0 e. The Morgan fingerprint density at radius 2 is 1.14 bits per heavy atom. The monoisotopic (exact) mass is 258 g/mol. The molecular weight excluding hydrogens is 248 g/mol. The van der Waals surface area contributed by atoms with Crippen LogP contribution in [0, 0.1) is 0 Å². The number of hydrogen-bond donors (Lipinski definition) is 0. The molecule has 5 N–H and O–H groups in total. The quantitative estimate of drug-likeness (QED) is 0.555. The maximum absolute atomic E-state index is 6.21. The molecule has 0 bridgehead atoms. The van der Waals surface area contributed by atoms with Gasteiger partial charge in [0.05, 0.1) is 0 Å². The van der Waals surface area contributed by atoms with E-state index < -0.39 is 0 Å². The van der Waals surface area contributed by atoms with Crippen molar-refractivity contribution in [2.75, 3.05) is 6.54 Å². The molecule has 0 amide bonds. The van der Waals surface area contributed by atoms with E-state index in [0.29, 0.717) is 6.54 Å². The SMILES string of the molecule is CC[NH-].O.O.[Y].[Y]. The standard InChI is InChI=1S/C2H6N.2H2O.2Y/c1-2-3;;;;/h3H,2H2,1H3;2*1H2;;/q-1;;;;. The van der Waals surface area contributed by atoms with Gasteiger partial charge >= 0.3 is 0 Å². The largest absolute Gasteiger partial charge is 0.678 e. The van der Waals surface area contributed by atoms with Gasteiger partial charge in [0.2, 0.25) is 0 Å². The summed E-state index contributed by atoms with van der Waals surface area (Å²) >= 11 is 0. The topological polar surface area (TPSA) is 86.8 Å². The molecule has 0 aliphatic carbocycles. The molecule has 42 valence electrons. The van der Waals surface area contributed by atoms with E-state index in [2.05, 4.69) is 0 Å². The van der Waals surface area contributed by atoms with E-state index >= 15 is 0 Å². The second-order valence-electron chi connectivity index (χ2n) is 0.354. The van der Waals surface area contributed by atoms with Crippen molar-refractivity contribution in [1.82, 2.24) is 0 Å². The summed E-state index contributed by atoms with van der Waals surface area (Å²) in [6, 6.07) is 0. The third-order valence-corrected chi connectivity index (χ3v) is 0. The molecule has 7 heavy (non-hydrogen) atoms. The van der Waals surface area contributed by atoms with Gasteiger partial charge in [-0.15, -0.1) is 0 Å². The van der Waals surface area contributed by atoms with Crippen LogP contribution in [0.3, 0.4) is 0 Å². The molecular formula is C2H10NO2Y2-. The molecule has 3 nitrogen and oxygen atoms in total. The van der Waals surface area contributed by atoms with E-state index in [1.54, 1.807) is 6.92 Å². The minimum atomic E-state index is 0. The Kier molecular flexibility index (Phi) is 217. The average Bonchev–Trinajstić information content (AvgIpc) is 0.918. The zero-order chi connectivity index (χ0) is 2.71. The van der Waals surface area contributed by atoms with Gasteiger partial charge in [-0.05, 0) is 0 Å². The van der Waals surface area contributed by atoms with Crippen LogP contribution in [0.2, 0.25) is 0 Å². The van der Waals surface area contributed by atoms with E-state index in [1.165, 1.54) is 0 Å². The Morgan fingerprint density at radius 3 is 1.14 bits per heavy atom. The van der Waals surface area contributed by atoms with Crippen LogP contribution in [-0.4, -0.2) is 17.5 Å². The maximum atomic E-state index is 6.21. The fourth-order valence-corrected chi connectivity index (χ4v) is 0. The van der Waals surface area contributed by atoms with E-state index in [9.17, 15) is 0 Å². The van der Waals surface area contributed by atoms with Crippen LogP contribution in [0.1, 0.15) is 6.92 Å². The van der Waals surface area contributed by atoms with Gasteiger partial charge < -0.3 is 16.7 Å². The molecule has 2 radical (unpaired) electrons. The summed E-state index contributed by atoms with van der Waals surface area (Å²) in [4.78, 5) is 0. The van der Waals surface area contributed by atoms with Crippen LogP contribution in [0.15, 0.2) is 0 Å². The summed E-state index contributed by atoms with van der Waals surface area (Å²) in [5, 5.41) is 0. The van der Waals surface area contributed by atoms with E-state index in [1.807, 2.05) is 0 Å². The molecule has 0 spiro atoms. The Balaban J connectivity index is -0.00000000333. The van der Waals surface area contributed by atoms with E-state index in [4.69, 9.17) is 5.73 Å². The predicted molar refractivity (Wildman–Crippen MR) is 22.1 cm³/mol. The smallest absolute Gasteiger partial charge is 0 e. The van der Waals surface area contributed by atoms with Gasteiger partial charge in [0.1, 0.15) is 0 Å². The van der Waals surface area contributed by atoms with E-state index in [0.717, 1.165) is 0 Å². The van der Waals surface area contributed by atoms with Crippen LogP contribution in [0.25, 0.3) is 5.73 Å². The first-order valence-corrected chi connectivity index (χ1v) is 1.06. The molecule has 0 fully saturated rings.